The lowest BCUT2D eigenvalue weighted by atomic mass is 10.1. The molecule has 31 heavy (non-hydrogen) atoms. The molecule has 0 saturated heterocycles. The number of fused-ring (bicyclic) bond motifs is 1. The highest BCUT2D eigenvalue weighted by Crippen LogP contribution is 2.34. The summed E-state index contributed by atoms with van der Waals surface area (Å²) in [4.78, 5) is 14.9. The van der Waals surface area contributed by atoms with Gasteiger partial charge in [-0.2, -0.15) is 0 Å². The molecule has 0 aliphatic carbocycles. The third-order valence-electron chi connectivity index (χ3n) is 5.76. The average Bonchev–Trinajstić information content (AvgIpc) is 3.19. The van der Waals surface area contributed by atoms with Gasteiger partial charge < -0.3 is 4.90 Å². The lowest BCUT2D eigenvalue weighted by Gasteiger charge is -2.21. The fourth-order valence-corrected chi connectivity index (χ4v) is 5.36. The summed E-state index contributed by atoms with van der Waals surface area (Å²) in [5.41, 5.74) is 5.10. The maximum Gasteiger partial charge on any atom is 0.264 e. The van der Waals surface area contributed by atoms with Crippen LogP contribution in [0.15, 0.2) is 65.6 Å². The predicted octanol–water partition coefficient (Wildman–Crippen LogP) is 4.98. The molecule has 4 rings (SSSR count). The molecule has 0 bridgehead atoms. The van der Waals surface area contributed by atoms with Gasteiger partial charge in [-0.05, 0) is 91.6 Å². The van der Waals surface area contributed by atoms with Crippen molar-refractivity contribution in [2.24, 2.45) is 0 Å². The Hall–Kier alpha value is -2.83. The zero-order valence-corrected chi connectivity index (χ0v) is 19.2. The summed E-state index contributed by atoms with van der Waals surface area (Å²) < 4.78 is 27.6. The van der Waals surface area contributed by atoms with Gasteiger partial charge in [0.25, 0.3) is 15.9 Å². The molecular formula is C24H23ClN2O3S. The topological polar surface area (TPSA) is 57.7 Å². The number of halogens is 1. The second-order valence-electron chi connectivity index (χ2n) is 7.76. The van der Waals surface area contributed by atoms with Crippen molar-refractivity contribution in [3.63, 3.8) is 0 Å². The van der Waals surface area contributed by atoms with E-state index in [1.165, 1.54) is 22.0 Å². The number of rotatable bonds is 4. The number of aryl methyl sites for hydroxylation is 2. The number of hydrogen-bond acceptors (Lipinski definition) is 3. The van der Waals surface area contributed by atoms with E-state index < -0.39 is 10.0 Å². The SMILES string of the molecule is Cc1ccc(N(C)C(=O)c2ccc3c(c2)CCN3S(=O)(=O)c2ccc(Cl)cc2)cc1C. The first-order valence-corrected chi connectivity index (χ1v) is 11.8. The molecule has 1 amide bonds. The zero-order chi connectivity index (χ0) is 22.3. The second kappa shape index (κ2) is 8.02. The Morgan fingerprint density at radius 3 is 2.35 bits per heavy atom. The first kappa shape index (κ1) is 21.4. The standard InChI is InChI=1S/C24H23ClN2O3S/c1-16-4-8-21(14-17(16)2)26(3)24(28)19-5-11-23-18(15-19)12-13-27(23)31(29,30)22-9-6-20(25)7-10-22/h4-11,14-15H,12-13H2,1-3H3. The molecule has 0 atom stereocenters. The Morgan fingerprint density at radius 1 is 0.968 bits per heavy atom. The summed E-state index contributed by atoms with van der Waals surface area (Å²) in [6.07, 6.45) is 0.552. The highest BCUT2D eigenvalue weighted by molar-refractivity contribution is 7.92. The molecule has 0 unspecified atom stereocenters. The number of hydrogen-bond donors (Lipinski definition) is 0. The van der Waals surface area contributed by atoms with E-state index in [4.69, 9.17) is 11.6 Å². The monoisotopic (exact) mass is 454 g/mol. The maximum atomic E-state index is 13.1. The molecule has 1 aliphatic heterocycles. The summed E-state index contributed by atoms with van der Waals surface area (Å²) in [7, 11) is -1.94. The van der Waals surface area contributed by atoms with Crippen LogP contribution in [0.1, 0.15) is 27.0 Å². The van der Waals surface area contributed by atoms with Crippen LogP contribution in [0.3, 0.4) is 0 Å². The highest BCUT2D eigenvalue weighted by atomic mass is 35.5. The van der Waals surface area contributed by atoms with Crippen LogP contribution in [-0.2, 0) is 16.4 Å². The maximum absolute atomic E-state index is 13.1. The minimum Gasteiger partial charge on any atom is -0.311 e. The molecule has 0 N–H and O–H groups in total. The molecule has 0 fully saturated rings. The van der Waals surface area contributed by atoms with Crippen LogP contribution in [0.4, 0.5) is 11.4 Å². The van der Waals surface area contributed by atoms with Crippen molar-refractivity contribution >= 4 is 38.9 Å². The van der Waals surface area contributed by atoms with Gasteiger partial charge in [-0.25, -0.2) is 8.42 Å². The molecule has 1 heterocycles. The first-order chi connectivity index (χ1) is 14.7. The van der Waals surface area contributed by atoms with Crippen molar-refractivity contribution in [1.82, 2.24) is 0 Å². The van der Waals surface area contributed by atoms with Crippen LogP contribution in [0, 0.1) is 13.8 Å². The van der Waals surface area contributed by atoms with Crippen molar-refractivity contribution in [3.8, 4) is 0 Å². The van der Waals surface area contributed by atoms with Crippen molar-refractivity contribution in [2.75, 3.05) is 22.8 Å². The van der Waals surface area contributed by atoms with Crippen LogP contribution in [0.2, 0.25) is 5.02 Å². The molecular weight excluding hydrogens is 432 g/mol. The molecule has 0 aromatic heterocycles. The largest absolute Gasteiger partial charge is 0.311 e. The average molecular weight is 455 g/mol. The van der Waals surface area contributed by atoms with Gasteiger partial charge in [-0.15, -0.1) is 0 Å². The third-order valence-corrected chi connectivity index (χ3v) is 7.84. The Kier molecular flexibility index (Phi) is 5.54. The smallest absolute Gasteiger partial charge is 0.264 e. The van der Waals surface area contributed by atoms with Gasteiger partial charge in [0, 0.05) is 29.9 Å². The number of amides is 1. The van der Waals surface area contributed by atoms with Crippen LogP contribution < -0.4 is 9.21 Å². The summed E-state index contributed by atoms with van der Waals surface area (Å²) in [5, 5.41) is 0.483. The summed E-state index contributed by atoms with van der Waals surface area (Å²) in [5.74, 6) is -0.134. The minimum absolute atomic E-state index is 0.134. The van der Waals surface area contributed by atoms with E-state index in [1.54, 1.807) is 42.3 Å². The number of benzene rings is 3. The van der Waals surface area contributed by atoms with E-state index >= 15 is 0 Å². The van der Waals surface area contributed by atoms with E-state index in [9.17, 15) is 13.2 Å². The molecule has 7 heteroatoms. The molecule has 5 nitrogen and oxygen atoms in total. The van der Waals surface area contributed by atoms with E-state index in [2.05, 4.69) is 0 Å². The number of carbonyl (C=O) groups excluding carboxylic acids is 1. The summed E-state index contributed by atoms with van der Waals surface area (Å²) in [6, 6.07) is 17.3. The van der Waals surface area contributed by atoms with E-state index in [0.717, 1.165) is 16.8 Å². The summed E-state index contributed by atoms with van der Waals surface area (Å²) >= 11 is 5.89. The van der Waals surface area contributed by atoms with Crippen LogP contribution in [-0.4, -0.2) is 27.9 Å². The van der Waals surface area contributed by atoms with E-state index in [-0.39, 0.29) is 10.8 Å². The fraction of sp³-hybridized carbons (Fsp3) is 0.208. The van der Waals surface area contributed by atoms with E-state index in [1.807, 2.05) is 32.0 Å². The van der Waals surface area contributed by atoms with Gasteiger partial charge in [-0.1, -0.05) is 17.7 Å². The fourth-order valence-electron chi connectivity index (χ4n) is 3.73. The Bertz CT molecular complexity index is 1270. The predicted molar refractivity (Wildman–Crippen MR) is 125 cm³/mol. The zero-order valence-electron chi connectivity index (χ0n) is 17.6. The summed E-state index contributed by atoms with van der Waals surface area (Å²) in [6.45, 7) is 4.39. The Balaban J connectivity index is 1.62. The van der Waals surface area contributed by atoms with Gasteiger partial charge in [0.2, 0.25) is 0 Å². The highest BCUT2D eigenvalue weighted by Gasteiger charge is 2.31. The molecule has 0 saturated carbocycles. The minimum atomic E-state index is -3.69. The number of carbonyl (C=O) groups is 1. The lowest BCUT2D eigenvalue weighted by Crippen LogP contribution is -2.29. The molecule has 3 aromatic carbocycles. The number of anilines is 2. The van der Waals surface area contributed by atoms with Gasteiger partial charge in [0.15, 0.2) is 0 Å². The van der Waals surface area contributed by atoms with Crippen molar-refractivity contribution in [3.05, 3.63) is 87.9 Å². The Labute approximate surface area is 187 Å². The van der Waals surface area contributed by atoms with Crippen molar-refractivity contribution in [1.29, 1.82) is 0 Å². The van der Waals surface area contributed by atoms with Gasteiger partial charge in [0.05, 0.1) is 10.6 Å². The molecule has 3 aromatic rings. The quantitative estimate of drug-likeness (QED) is 0.558. The lowest BCUT2D eigenvalue weighted by molar-refractivity contribution is 0.0993. The molecule has 0 spiro atoms. The van der Waals surface area contributed by atoms with Crippen molar-refractivity contribution in [2.45, 2.75) is 25.2 Å². The second-order valence-corrected chi connectivity index (χ2v) is 10.1. The molecule has 160 valence electrons. The normalized spacial score (nSPS) is 13.2. The molecule has 1 aliphatic rings. The van der Waals surface area contributed by atoms with Crippen LogP contribution >= 0.6 is 11.6 Å². The van der Waals surface area contributed by atoms with Gasteiger partial charge >= 0.3 is 0 Å². The van der Waals surface area contributed by atoms with Crippen LogP contribution in [0.25, 0.3) is 0 Å². The number of sulfonamides is 1. The number of nitrogens with zero attached hydrogens (tertiary/aromatic N) is 2. The molecule has 0 radical (unpaired) electrons. The van der Waals surface area contributed by atoms with Crippen LogP contribution in [0.5, 0.6) is 0 Å². The van der Waals surface area contributed by atoms with E-state index in [0.29, 0.717) is 29.2 Å². The first-order valence-electron chi connectivity index (χ1n) is 9.95. The Morgan fingerprint density at radius 2 is 1.68 bits per heavy atom. The van der Waals surface area contributed by atoms with Crippen molar-refractivity contribution < 1.29 is 13.2 Å². The third kappa shape index (κ3) is 3.93. The van der Waals surface area contributed by atoms with Gasteiger partial charge in [-0.3, -0.25) is 9.10 Å². The van der Waals surface area contributed by atoms with Gasteiger partial charge in [0.1, 0.15) is 0 Å².